The first kappa shape index (κ1) is 13.2. The third-order valence-electron chi connectivity index (χ3n) is 3.47. The van der Waals surface area contributed by atoms with Crippen LogP contribution < -0.4 is 10.1 Å². The van der Waals surface area contributed by atoms with Crippen molar-refractivity contribution in [1.82, 2.24) is 5.32 Å². The molecule has 0 aromatic heterocycles. The zero-order chi connectivity index (χ0) is 13.1. The van der Waals surface area contributed by atoms with E-state index in [9.17, 15) is 4.79 Å². The molecule has 0 saturated heterocycles. The Balaban J connectivity index is 2.29. The third kappa shape index (κ3) is 2.96. The quantitative estimate of drug-likeness (QED) is 0.891. The Kier molecular flexibility index (Phi) is 4.12. The van der Waals surface area contributed by atoms with Gasteiger partial charge in [0.2, 0.25) is 5.91 Å². The molecule has 0 heterocycles. The number of amides is 1. The SMILES string of the molecule is CNC(=O)CC(c1cc(Cl)ccc1OC)C1CC1. The van der Waals surface area contributed by atoms with Crippen LogP contribution in [0.5, 0.6) is 5.75 Å². The number of carbonyl (C=O) groups excluding carboxylic acids is 1. The molecular weight excluding hydrogens is 250 g/mol. The minimum Gasteiger partial charge on any atom is -0.496 e. The maximum Gasteiger partial charge on any atom is 0.220 e. The summed E-state index contributed by atoms with van der Waals surface area (Å²) in [5.74, 6) is 1.67. The lowest BCUT2D eigenvalue weighted by Crippen LogP contribution is -2.21. The molecule has 1 unspecified atom stereocenters. The van der Waals surface area contributed by atoms with E-state index < -0.39 is 0 Å². The molecule has 1 aromatic rings. The molecule has 98 valence electrons. The van der Waals surface area contributed by atoms with Crippen LogP contribution in [0, 0.1) is 5.92 Å². The summed E-state index contributed by atoms with van der Waals surface area (Å²) in [5, 5.41) is 3.38. The summed E-state index contributed by atoms with van der Waals surface area (Å²) in [7, 11) is 3.32. The largest absolute Gasteiger partial charge is 0.496 e. The lowest BCUT2D eigenvalue weighted by Gasteiger charge is -2.19. The first-order chi connectivity index (χ1) is 8.65. The van der Waals surface area contributed by atoms with Crippen molar-refractivity contribution in [3.8, 4) is 5.75 Å². The highest BCUT2D eigenvalue weighted by molar-refractivity contribution is 6.30. The van der Waals surface area contributed by atoms with Crippen molar-refractivity contribution in [3.63, 3.8) is 0 Å². The average molecular weight is 268 g/mol. The van der Waals surface area contributed by atoms with Gasteiger partial charge in [-0.25, -0.2) is 0 Å². The van der Waals surface area contributed by atoms with Gasteiger partial charge >= 0.3 is 0 Å². The van der Waals surface area contributed by atoms with Crippen molar-refractivity contribution in [2.75, 3.05) is 14.2 Å². The summed E-state index contributed by atoms with van der Waals surface area (Å²) in [4.78, 5) is 11.6. The Labute approximate surface area is 112 Å². The zero-order valence-corrected chi connectivity index (χ0v) is 11.5. The van der Waals surface area contributed by atoms with E-state index in [4.69, 9.17) is 16.3 Å². The predicted octanol–water partition coefficient (Wildman–Crippen LogP) is 2.98. The maximum absolute atomic E-state index is 11.6. The molecule has 3 nitrogen and oxygen atoms in total. The molecule has 1 aliphatic carbocycles. The number of benzene rings is 1. The van der Waals surface area contributed by atoms with E-state index in [0.717, 1.165) is 11.3 Å². The van der Waals surface area contributed by atoms with Gasteiger partial charge in [-0.3, -0.25) is 4.79 Å². The summed E-state index contributed by atoms with van der Waals surface area (Å²) in [6.07, 6.45) is 2.85. The van der Waals surface area contributed by atoms with Gasteiger partial charge in [-0.2, -0.15) is 0 Å². The highest BCUT2D eigenvalue weighted by Crippen LogP contribution is 2.47. The number of ether oxygens (including phenoxy) is 1. The van der Waals surface area contributed by atoms with Crippen LogP contribution >= 0.6 is 11.6 Å². The first-order valence-electron chi connectivity index (χ1n) is 6.19. The number of nitrogens with one attached hydrogen (secondary N) is 1. The fraction of sp³-hybridized carbons (Fsp3) is 0.500. The number of hydrogen-bond donors (Lipinski definition) is 1. The minimum atomic E-state index is 0.0638. The van der Waals surface area contributed by atoms with Crippen LogP contribution in [-0.4, -0.2) is 20.1 Å². The molecule has 0 aliphatic heterocycles. The predicted molar refractivity (Wildman–Crippen MR) is 72.2 cm³/mol. The lowest BCUT2D eigenvalue weighted by molar-refractivity contribution is -0.121. The van der Waals surface area contributed by atoms with Crippen LogP contribution in [0.2, 0.25) is 5.02 Å². The number of halogens is 1. The highest BCUT2D eigenvalue weighted by atomic mass is 35.5. The Morgan fingerprint density at radius 2 is 2.28 bits per heavy atom. The van der Waals surface area contributed by atoms with Gasteiger partial charge in [0.1, 0.15) is 5.75 Å². The maximum atomic E-state index is 11.6. The zero-order valence-electron chi connectivity index (χ0n) is 10.7. The number of rotatable bonds is 5. The Hall–Kier alpha value is -1.22. The van der Waals surface area contributed by atoms with Crippen LogP contribution in [0.25, 0.3) is 0 Å². The van der Waals surface area contributed by atoms with Crippen LogP contribution in [0.15, 0.2) is 18.2 Å². The number of carbonyl (C=O) groups is 1. The molecule has 1 N–H and O–H groups in total. The second-order valence-corrected chi connectivity index (χ2v) is 5.14. The summed E-state index contributed by atoms with van der Waals surface area (Å²) in [6.45, 7) is 0. The molecule has 18 heavy (non-hydrogen) atoms. The third-order valence-corrected chi connectivity index (χ3v) is 3.70. The average Bonchev–Trinajstić information content (AvgIpc) is 3.19. The van der Waals surface area contributed by atoms with Crippen molar-refractivity contribution in [2.24, 2.45) is 5.92 Å². The van der Waals surface area contributed by atoms with Crippen molar-refractivity contribution >= 4 is 17.5 Å². The van der Waals surface area contributed by atoms with Gasteiger partial charge in [-0.15, -0.1) is 0 Å². The molecule has 0 spiro atoms. The first-order valence-corrected chi connectivity index (χ1v) is 6.57. The van der Waals surface area contributed by atoms with Crippen molar-refractivity contribution in [3.05, 3.63) is 28.8 Å². The van der Waals surface area contributed by atoms with Crippen molar-refractivity contribution in [2.45, 2.75) is 25.2 Å². The van der Waals surface area contributed by atoms with Gasteiger partial charge in [0.25, 0.3) is 0 Å². The van der Waals surface area contributed by atoms with E-state index >= 15 is 0 Å². The summed E-state index contributed by atoms with van der Waals surface area (Å²) in [5.41, 5.74) is 1.05. The van der Waals surface area contributed by atoms with Crippen LogP contribution in [-0.2, 0) is 4.79 Å². The molecular formula is C14H18ClNO2. The molecule has 0 bridgehead atoms. The number of methoxy groups -OCH3 is 1. The van der Waals surface area contributed by atoms with Gasteiger partial charge in [0, 0.05) is 18.5 Å². The Morgan fingerprint density at radius 1 is 1.56 bits per heavy atom. The molecule has 0 radical (unpaired) electrons. The monoisotopic (exact) mass is 267 g/mol. The van der Waals surface area contributed by atoms with Crippen molar-refractivity contribution in [1.29, 1.82) is 0 Å². The van der Waals surface area contributed by atoms with E-state index in [2.05, 4.69) is 5.32 Å². The smallest absolute Gasteiger partial charge is 0.220 e. The Morgan fingerprint density at radius 3 is 2.83 bits per heavy atom. The highest BCUT2D eigenvalue weighted by Gasteiger charge is 2.35. The van der Waals surface area contributed by atoms with Crippen molar-refractivity contribution < 1.29 is 9.53 Å². The fourth-order valence-electron chi connectivity index (χ4n) is 2.33. The minimum absolute atomic E-state index is 0.0638. The fourth-order valence-corrected chi connectivity index (χ4v) is 2.51. The molecule has 4 heteroatoms. The molecule has 1 saturated carbocycles. The molecule has 1 aliphatic rings. The Bertz CT molecular complexity index is 443. The summed E-state index contributed by atoms with van der Waals surface area (Å²) >= 11 is 6.06. The van der Waals surface area contributed by atoms with Gasteiger partial charge < -0.3 is 10.1 Å². The van der Waals surface area contributed by atoms with E-state index in [-0.39, 0.29) is 11.8 Å². The van der Waals surface area contributed by atoms with Crippen LogP contribution in [0.3, 0.4) is 0 Å². The molecule has 1 aromatic carbocycles. The number of hydrogen-bond acceptors (Lipinski definition) is 2. The van der Waals surface area contributed by atoms with Gasteiger partial charge in [0.15, 0.2) is 0 Å². The topological polar surface area (TPSA) is 38.3 Å². The summed E-state index contributed by atoms with van der Waals surface area (Å²) < 4.78 is 5.38. The van der Waals surface area contributed by atoms with Gasteiger partial charge in [0.05, 0.1) is 7.11 Å². The second-order valence-electron chi connectivity index (χ2n) is 4.71. The molecule has 2 rings (SSSR count). The van der Waals surface area contributed by atoms with Crippen LogP contribution in [0.4, 0.5) is 0 Å². The molecule has 1 atom stereocenters. The van der Waals surface area contributed by atoms with Gasteiger partial charge in [-0.05, 0) is 48.4 Å². The van der Waals surface area contributed by atoms with Crippen LogP contribution in [0.1, 0.15) is 30.7 Å². The van der Waals surface area contributed by atoms with E-state index in [1.807, 2.05) is 18.2 Å². The normalized spacial score (nSPS) is 16.2. The second kappa shape index (κ2) is 5.61. The summed E-state index contributed by atoms with van der Waals surface area (Å²) in [6, 6.07) is 5.61. The van der Waals surface area contributed by atoms with E-state index in [0.29, 0.717) is 17.4 Å². The standard InChI is InChI=1S/C14H18ClNO2/c1-16-14(17)8-11(9-3-4-9)12-7-10(15)5-6-13(12)18-2/h5-7,9,11H,3-4,8H2,1-2H3,(H,16,17). The van der Waals surface area contributed by atoms with E-state index in [1.165, 1.54) is 12.8 Å². The van der Waals surface area contributed by atoms with Gasteiger partial charge in [-0.1, -0.05) is 11.6 Å². The molecule has 1 fully saturated rings. The molecule has 1 amide bonds. The van der Waals surface area contributed by atoms with E-state index in [1.54, 1.807) is 14.2 Å². The lowest BCUT2D eigenvalue weighted by atomic mass is 9.90.